The Morgan fingerprint density at radius 1 is 1.50 bits per heavy atom. The van der Waals surface area contributed by atoms with E-state index in [-0.39, 0.29) is 0 Å². The molecule has 1 aromatic carbocycles. The minimum atomic E-state index is -0.529. The molecule has 1 saturated heterocycles. The molecule has 3 nitrogen and oxygen atoms in total. The third-order valence-electron chi connectivity index (χ3n) is 3.11. The maximum absolute atomic E-state index is 10.0. The van der Waals surface area contributed by atoms with Gasteiger partial charge in [-0.3, -0.25) is 4.90 Å². The van der Waals surface area contributed by atoms with Crippen molar-refractivity contribution in [1.82, 2.24) is 4.90 Å². The largest absolute Gasteiger partial charge is 0.399 e. The van der Waals surface area contributed by atoms with Crippen molar-refractivity contribution in [2.75, 3.05) is 18.8 Å². The van der Waals surface area contributed by atoms with Gasteiger partial charge in [0.2, 0.25) is 0 Å². The van der Waals surface area contributed by atoms with E-state index in [0.717, 1.165) is 38.2 Å². The molecule has 1 aromatic rings. The molecule has 1 atom stereocenters. The first-order valence-electron chi connectivity index (χ1n) is 5.84. The molecule has 0 saturated carbocycles. The number of nitrogen functional groups attached to an aromatic ring is 1. The van der Waals surface area contributed by atoms with Crippen molar-refractivity contribution in [3.8, 4) is 0 Å². The smallest absolute Gasteiger partial charge is 0.0746 e. The van der Waals surface area contributed by atoms with E-state index < -0.39 is 5.60 Å². The van der Waals surface area contributed by atoms with E-state index in [2.05, 4.69) is 11.0 Å². The number of hydrogen-bond acceptors (Lipinski definition) is 3. The fraction of sp³-hybridized carbons (Fsp3) is 0.538. The number of benzene rings is 1. The standard InChI is InChI=1S/C13H20N2O/c1-13(16)6-3-7-15(10-13)9-11-4-2-5-12(14)8-11/h2,4-5,8,16H,3,6-7,9-10,14H2,1H3. The summed E-state index contributed by atoms with van der Waals surface area (Å²) in [6.45, 7) is 4.60. The fourth-order valence-electron chi connectivity index (χ4n) is 2.41. The molecule has 2 rings (SSSR count). The molecule has 3 heteroatoms. The zero-order valence-corrected chi connectivity index (χ0v) is 9.82. The lowest BCUT2D eigenvalue weighted by molar-refractivity contribution is -0.0181. The summed E-state index contributed by atoms with van der Waals surface area (Å²) in [5.41, 5.74) is 7.25. The normalized spacial score (nSPS) is 26.9. The van der Waals surface area contributed by atoms with Gasteiger partial charge in [0.25, 0.3) is 0 Å². The van der Waals surface area contributed by atoms with E-state index >= 15 is 0 Å². The molecule has 1 aliphatic heterocycles. The van der Waals surface area contributed by atoms with Gasteiger partial charge in [0, 0.05) is 18.8 Å². The topological polar surface area (TPSA) is 49.5 Å². The Kier molecular flexibility index (Phi) is 3.17. The van der Waals surface area contributed by atoms with Gasteiger partial charge in [-0.15, -0.1) is 0 Å². The summed E-state index contributed by atoms with van der Waals surface area (Å²) in [7, 11) is 0. The van der Waals surface area contributed by atoms with Crippen LogP contribution in [0.5, 0.6) is 0 Å². The van der Waals surface area contributed by atoms with Crippen molar-refractivity contribution in [3.05, 3.63) is 29.8 Å². The van der Waals surface area contributed by atoms with Crippen molar-refractivity contribution in [2.45, 2.75) is 31.9 Å². The number of nitrogens with zero attached hydrogens (tertiary/aromatic N) is 1. The summed E-state index contributed by atoms with van der Waals surface area (Å²) in [4.78, 5) is 2.29. The summed E-state index contributed by atoms with van der Waals surface area (Å²) >= 11 is 0. The molecule has 0 aromatic heterocycles. The Hall–Kier alpha value is -1.06. The molecule has 0 amide bonds. The van der Waals surface area contributed by atoms with E-state index in [0.29, 0.717) is 0 Å². The fourth-order valence-corrected chi connectivity index (χ4v) is 2.41. The summed E-state index contributed by atoms with van der Waals surface area (Å²) < 4.78 is 0. The van der Waals surface area contributed by atoms with Gasteiger partial charge in [-0.2, -0.15) is 0 Å². The number of rotatable bonds is 2. The second kappa shape index (κ2) is 4.44. The molecule has 0 radical (unpaired) electrons. The quantitative estimate of drug-likeness (QED) is 0.745. The van der Waals surface area contributed by atoms with Crippen LogP contribution in [0.4, 0.5) is 5.69 Å². The van der Waals surface area contributed by atoms with Gasteiger partial charge in [-0.25, -0.2) is 0 Å². The Morgan fingerprint density at radius 3 is 3.00 bits per heavy atom. The lowest BCUT2D eigenvalue weighted by atomic mass is 9.95. The van der Waals surface area contributed by atoms with E-state index in [1.165, 1.54) is 5.56 Å². The average molecular weight is 220 g/mol. The molecule has 3 N–H and O–H groups in total. The molecule has 16 heavy (non-hydrogen) atoms. The second-order valence-electron chi connectivity index (χ2n) is 5.06. The first kappa shape index (κ1) is 11.4. The monoisotopic (exact) mass is 220 g/mol. The Bertz CT molecular complexity index is 363. The molecule has 1 fully saturated rings. The highest BCUT2D eigenvalue weighted by atomic mass is 16.3. The maximum atomic E-state index is 10.0. The number of hydrogen-bond donors (Lipinski definition) is 2. The van der Waals surface area contributed by atoms with Gasteiger partial charge in [0.1, 0.15) is 0 Å². The van der Waals surface area contributed by atoms with Crippen LogP contribution in [-0.4, -0.2) is 28.7 Å². The van der Waals surface area contributed by atoms with Gasteiger partial charge >= 0.3 is 0 Å². The van der Waals surface area contributed by atoms with Gasteiger partial charge < -0.3 is 10.8 Å². The van der Waals surface area contributed by atoms with Crippen LogP contribution in [0.3, 0.4) is 0 Å². The van der Waals surface area contributed by atoms with Crippen LogP contribution in [0.1, 0.15) is 25.3 Å². The van der Waals surface area contributed by atoms with E-state index in [1.54, 1.807) is 0 Å². The van der Waals surface area contributed by atoms with Crippen LogP contribution in [0, 0.1) is 0 Å². The Morgan fingerprint density at radius 2 is 2.31 bits per heavy atom. The third kappa shape index (κ3) is 2.97. The number of anilines is 1. The molecule has 1 heterocycles. The zero-order chi connectivity index (χ0) is 11.6. The highest BCUT2D eigenvalue weighted by Gasteiger charge is 2.27. The summed E-state index contributed by atoms with van der Waals surface area (Å²) in [6.07, 6.45) is 1.97. The molecule has 88 valence electrons. The van der Waals surface area contributed by atoms with Crippen LogP contribution in [0.15, 0.2) is 24.3 Å². The molecular formula is C13H20N2O. The molecule has 0 spiro atoms. The van der Waals surface area contributed by atoms with Gasteiger partial charge in [0.05, 0.1) is 5.60 Å². The van der Waals surface area contributed by atoms with Crippen LogP contribution < -0.4 is 5.73 Å². The number of piperidine rings is 1. The van der Waals surface area contributed by atoms with E-state index in [4.69, 9.17) is 5.73 Å². The van der Waals surface area contributed by atoms with Gasteiger partial charge in [-0.05, 0) is 44.0 Å². The van der Waals surface area contributed by atoms with E-state index in [9.17, 15) is 5.11 Å². The minimum Gasteiger partial charge on any atom is -0.399 e. The molecule has 1 aliphatic rings. The first-order valence-corrected chi connectivity index (χ1v) is 5.84. The number of β-amino-alcohol motifs (C(OH)–C–C–N with tert-alkyl or cyclic N) is 1. The number of nitrogens with two attached hydrogens (primary N) is 1. The van der Waals surface area contributed by atoms with Crippen molar-refractivity contribution in [2.24, 2.45) is 0 Å². The number of likely N-dealkylation sites (tertiary alicyclic amines) is 1. The van der Waals surface area contributed by atoms with Crippen LogP contribution in [0.25, 0.3) is 0 Å². The van der Waals surface area contributed by atoms with Gasteiger partial charge in [0.15, 0.2) is 0 Å². The predicted octanol–water partition coefficient (Wildman–Crippen LogP) is 1.62. The van der Waals surface area contributed by atoms with Crippen molar-refractivity contribution >= 4 is 5.69 Å². The molecule has 1 unspecified atom stereocenters. The lowest BCUT2D eigenvalue weighted by Crippen LogP contribution is -2.45. The first-order chi connectivity index (χ1) is 7.55. The van der Waals surface area contributed by atoms with Gasteiger partial charge in [-0.1, -0.05) is 12.1 Å². The van der Waals surface area contributed by atoms with E-state index in [1.807, 2.05) is 25.1 Å². The third-order valence-corrected chi connectivity index (χ3v) is 3.11. The SMILES string of the molecule is CC1(O)CCCN(Cc2cccc(N)c2)C1. The van der Waals surface area contributed by atoms with Crippen LogP contribution >= 0.6 is 0 Å². The van der Waals surface area contributed by atoms with Crippen LogP contribution in [-0.2, 0) is 6.54 Å². The minimum absolute atomic E-state index is 0.529. The van der Waals surface area contributed by atoms with Crippen molar-refractivity contribution < 1.29 is 5.11 Å². The highest BCUT2D eigenvalue weighted by molar-refractivity contribution is 5.40. The lowest BCUT2D eigenvalue weighted by Gasteiger charge is -2.36. The Labute approximate surface area is 96.9 Å². The van der Waals surface area contributed by atoms with Crippen molar-refractivity contribution in [1.29, 1.82) is 0 Å². The van der Waals surface area contributed by atoms with Crippen LogP contribution in [0.2, 0.25) is 0 Å². The van der Waals surface area contributed by atoms with Crippen molar-refractivity contribution in [3.63, 3.8) is 0 Å². The summed E-state index contributed by atoms with van der Waals surface area (Å²) in [5.74, 6) is 0. The number of aliphatic hydroxyl groups is 1. The zero-order valence-electron chi connectivity index (χ0n) is 9.82. The maximum Gasteiger partial charge on any atom is 0.0746 e. The second-order valence-corrected chi connectivity index (χ2v) is 5.06. The molecule has 0 bridgehead atoms. The average Bonchev–Trinajstić information content (AvgIpc) is 2.15. The summed E-state index contributed by atoms with van der Waals surface area (Å²) in [5, 5.41) is 10.0. The summed E-state index contributed by atoms with van der Waals surface area (Å²) in [6, 6.07) is 7.96. The highest BCUT2D eigenvalue weighted by Crippen LogP contribution is 2.22. The predicted molar refractivity (Wildman–Crippen MR) is 66.0 cm³/mol. The molecule has 0 aliphatic carbocycles. The molecular weight excluding hydrogens is 200 g/mol. The Balaban J connectivity index is 1.99.